The van der Waals surface area contributed by atoms with Crippen molar-refractivity contribution in [3.8, 4) is 12.3 Å². The Balaban J connectivity index is 2.91. The lowest BCUT2D eigenvalue weighted by atomic mass is 10.2. The zero-order valence-electron chi connectivity index (χ0n) is 9.61. The van der Waals surface area contributed by atoms with Gasteiger partial charge in [0.15, 0.2) is 5.52 Å². The molecule has 1 aromatic carbocycles. The van der Waals surface area contributed by atoms with Crippen LogP contribution < -0.4 is 0 Å². The minimum atomic E-state index is -4.86. The first-order valence-electron chi connectivity index (χ1n) is 5.11. The van der Waals surface area contributed by atoms with Crippen LogP contribution in [-0.4, -0.2) is 14.5 Å². The van der Waals surface area contributed by atoms with Gasteiger partial charge in [0.05, 0.1) is 17.0 Å². The zero-order chi connectivity index (χ0) is 15.1. The van der Waals surface area contributed by atoms with E-state index in [4.69, 9.17) is 6.42 Å². The SMILES string of the molecule is C#CCn1c(C(F)(F)F)nc2c([N+](=O)[O-])c(F)ccc21. The van der Waals surface area contributed by atoms with Crippen LogP contribution in [0.15, 0.2) is 12.1 Å². The van der Waals surface area contributed by atoms with E-state index in [0.717, 1.165) is 6.07 Å². The molecule has 1 heterocycles. The minimum Gasteiger partial charge on any atom is -0.308 e. The summed E-state index contributed by atoms with van der Waals surface area (Å²) in [5.41, 5.74) is -2.04. The molecule has 0 N–H and O–H groups in total. The van der Waals surface area contributed by atoms with E-state index >= 15 is 0 Å². The highest BCUT2D eigenvalue weighted by Gasteiger charge is 2.39. The summed E-state index contributed by atoms with van der Waals surface area (Å²) in [4.78, 5) is 12.8. The second-order valence-corrected chi connectivity index (χ2v) is 3.74. The summed E-state index contributed by atoms with van der Waals surface area (Å²) in [5, 5.41) is 10.8. The molecule has 0 spiro atoms. The van der Waals surface area contributed by atoms with Crippen molar-refractivity contribution in [1.82, 2.24) is 9.55 Å². The average Bonchev–Trinajstić information content (AvgIpc) is 2.67. The highest BCUT2D eigenvalue weighted by atomic mass is 19.4. The molecule has 2 aromatic rings. The van der Waals surface area contributed by atoms with Gasteiger partial charge >= 0.3 is 11.9 Å². The molecule has 0 atom stereocenters. The molecule has 0 radical (unpaired) electrons. The van der Waals surface area contributed by atoms with E-state index in [2.05, 4.69) is 4.98 Å². The maximum absolute atomic E-state index is 13.4. The maximum atomic E-state index is 13.4. The van der Waals surface area contributed by atoms with Gasteiger partial charge in [-0.2, -0.15) is 17.6 Å². The Morgan fingerprint density at radius 1 is 1.45 bits per heavy atom. The molecule has 0 saturated heterocycles. The van der Waals surface area contributed by atoms with Gasteiger partial charge in [-0.05, 0) is 12.1 Å². The van der Waals surface area contributed by atoms with Crippen molar-refractivity contribution >= 4 is 16.7 Å². The lowest BCUT2D eigenvalue weighted by molar-refractivity contribution is -0.385. The number of hydrogen-bond donors (Lipinski definition) is 0. The summed E-state index contributed by atoms with van der Waals surface area (Å²) < 4.78 is 52.4. The third-order valence-corrected chi connectivity index (χ3v) is 2.53. The van der Waals surface area contributed by atoms with Crippen LogP contribution in [0.25, 0.3) is 11.0 Å². The topological polar surface area (TPSA) is 61.0 Å². The number of benzene rings is 1. The highest BCUT2D eigenvalue weighted by molar-refractivity contribution is 5.85. The van der Waals surface area contributed by atoms with Crippen LogP contribution in [0.5, 0.6) is 0 Å². The predicted molar refractivity (Wildman–Crippen MR) is 60.2 cm³/mol. The van der Waals surface area contributed by atoms with Crippen molar-refractivity contribution in [3.05, 3.63) is 33.9 Å². The molecular weight excluding hydrogens is 282 g/mol. The summed E-state index contributed by atoms with van der Waals surface area (Å²) in [6, 6.07) is 1.67. The fraction of sp³-hybridized carbons (Fsp3) is 0.182. The molecule has 2 rings (SSSR count). The van der Waals surface area contributed by atoms with Gasteiger partial charge in [0.2, 0.25) is 11.6 Å². The van der Waals surface area contributed by atoms with Crippen molar-refractivity contribution in [1.29, 1.82) is 0 Å². The Morgan fingerprint density at radius 3 is 2.60 bits per heavy atom. The molecule has 5 nitrogen and oxygen atoms in total. The molecule has 1 aromatic heterocycles. The Labute approximate surface area is 109 Å². The molecule has 0 bridgehead atoms. The zero-order valence-corrected chi connectivity index (χ0v) is 9.61. The molecule has 104 valence electrons. The summed E-state index contributed by atoms with van der Waals surface area (Å²) in [6.07, 6.45) is 0.116. The number of nitro benzene ring substituents is 1. The first-order chi connectivity index (χ1) is 9.27. The minimum absolute atomic E-state index is 0.247. The molecule has 0 aliphatic rings. The van der Waals surface area contributed by atoms with Gasteiger partial charge in [-0.15, -0.1) is 6.42 Å². The van der Waals surface area contributed by atoms with E-state index in [-0.39, 0.29) is 5.52 Å². The summed E-state index contributed by atoms with van der Waals surface area (Å²) in [5.74, 6) is -0.669. The van der Waals surface area contributed by atoms with Crippen LogP contribution in [0.1, 0.15) is 5.82 Å². The first kappa shape index (κ1) is 13.8. The van der Waals surface area contributed by atoms with Crippen molar-refractivity contribution < 1.29 is 22.5 Å². The van der Waals surface area contributed by atoms with Crippen LogP contribution >= 0.6 is 0 Å². The number of hydrogen-bond acceptors (Lipinski definition) is 3. The van der Waals surface area contributed by atoms with Crippen LogP contribution in [0, 0.1) is 28.3 Å². The lowest BCUT2D eigenvalue weighted by Gasteiger charge is -2.07. The Bertz CT molecular complexity index is 743. The van der Waals surface area contributed by atoms with Crippen molar-refractivity contribution in [2.24, 2.45) is 0 Å². The number of rotatable bonds is 2. The van der Waals surface area contributed by atoms with E-state index in [0.29, 0.717) is 10.6 Å². The number of nitrogens with zero attached hydrogens (tertiary/aromatic N) is 3. The predicted octanol–water partition coefficient (Wildman–Crippen LogP) is 2.74. The Morgan fingerprint density at radius 2 is 2.10 bits per heavy atom. The van der Waals surface area contributed by atoms with Gasteiger partial charge in [-0.3, -0.25) is 10.1 Å². The molecule has 20 heavy (non-hydrogen) atoms. The molecule has 0 aliphatic heterocycles. The summed E-state index contributed by atoms with van der Waals surface area (Å²) in [6.45, 7) is -0.492. The third-order valence-electron chi connectivity index (χ3n) is 2.53. The van der Waals surface area contributed by atoms with Crippen LogP contribution in [0.3, 0.4) is 0 Å². The van der Waals surface area contributed by atoms with Crippen molar-refractivity contribution in [2.45, 2.75) is 12.7 Å². The Kier molecular flexibility index (Phi) is 3.09. The molecule has 0 saturated carbocycles. The van der Waals surface area contributed by atoms with Crippen molar-refractivity contribution in [2.75, 3.05) is 0 Å². The number of aromatic nitrogens is 2. The van der Waals surface area contributed by atoms with E-state index in [1.807, 2.05) is 5.92 Å². The summed E-state index contributed by atoms with van der Waals surface area (Å²) >= 11 is 0. The number of halogens is 4. The molecule has 0 fully saturated rings. The lowest BCUT2D eigenvalue weighted by Crippen LogP contribution is -2.14. The van der Waals surface area contributed by atoms with Crippen LogP contribution in [-0.2, 0) is 12.7 Å². The second kappa shape index (κ2) is 4.48. The van der Waals surface area contributed by atoms with Gasteiger partial charge in [0.25, 0.3) is 0 Å². The van der Waals surface area contributed by atoms with Gasteiger partial charge < -0.3 is 4.57 Å². The smallest absolute Gasteiger partial charge is 0.308 e. The van der Waals surface area contributed by atoms with Crippen LogP contribution in [0.4, 0.5) is 23.2 Å². The van der Waals surface area contributed by atoms with Crippen molar-refractivity contribution in [3.63, 3.8) is 0 Å². The fourth-order valence-electron chi connectivity index (χ4n) is 1.79. The van der Waals surface area contributed by atoms with E-state index in [9.17, 15) is 27.7 Å². The van der Waals surface area contributed by atoms with Gasteiger partial charge in [0, 0.05) is 0 Å². The molecule has 0 aliphatic carbocycles. The highest BCUT2D eigenvalue weighted by Crippen LogP contribution is 2.35. The quantitative estimate of drug-likeness (QED) is 0.369. The number of nitro groups is 1. The summed E-state index contributed by atoms with van der Waals surface area (Å²) in [7, 11) is 0. The fourth-order valence-corrected chi connectivity index (χ4v) is 1.79. The molecule has 0 amide bonds. The van der Waals surface area contributed by atoms with Gasteiger partial charge in [-0.25, -0.2) is 4.98 Å². The number of fused-ring (bicyclic) bond motifs is 1. The van der Waals surface area contributed by atoms with E-state index < -0.39 is 40.5 Å². The standard InChI is InChI=1S/C11H5F4N3O2/c1-2-5-17-7-4-3-6(12)9(18(19)20)8(7)16-10(17)11(13,14)15/h1,3-4H,5H2. The van der Waals surface area contributed by atoms with E-state index in [1.165, 1.54) is 0 Å². The molecule has 9 heteroatoms. The molecular formula is C11H5F4N3O2. The van der Waals surface area contributed by atoms with Gasteiger partial charge in [0.1, 0.15) is 0 Å². The maximum Gasteiger partial charge on any atom is 0.449 e. The average molecular weight is 287 g/mol. The van der Waals surface area contributed by atoms with E-state index in [1.54, 1.807) is 0 Å². The monoisotopic (exact) mass is 287 g/mol. The second-order valence-electron chi connectivity index (χ2n) is 3.74. The third kappa shape index (κ3) is 2.05. The number of alkyl halides is 3. The van der Waals surface area contributed by atoms with Gasteiger partial charge in [-0.1, -0.05) is 5.92 Å². The largest absolute Gasteiger partial charge is 0.449 e. The normalized spacial score (nSPS) is 11.6. The number of imidazole rings is 1. The first-order valence-corrected chi connectivity index (χ1v) is 5.11. The number of terminal acetylenes is 1. The molecule has 0 unspecified atom stereocenters. The van der Waals surface area contributed by atoms with Crippen LogP contribution in [0.2, 0.25) is 0 Å². The Hall–Kier alpha value is -2.63.